The van der Waals surface area contributed by atoms with Gasteiger partial charge in [-0.1, -0.05) is 19.1 Å². The van der Waals surface area contributed by atoms with Gasteiger partial charge in [-0.2, -0.15) is 0 Å². The normalized spacial score (nSPS) is 16.9. The Morgan fingerprint density at radius 2 is 1.74 bits per heavy atom. The van der Waals surface area contributed by atoms with Crippen LogP contribution in [-0.2, 0) is 4.79 Å². The van der Waals surface area contributed by atoms with Crippen molar-refractivity contribution in [2.45, 2.75) is 71.5 Å². The second kappa shape index (κ2) is 10.6. The van der Waals surface area contributed by atoms with Gasteiger partial charge in [-0.15, -0.1) is 0 Å². The van der Waals surface area contributed by atoms with Crippen LogP contribution in [0.15, 0.2) is 24.3 Å². The topological polar surface area (TPSA) is 90.5 Å². The van der Waals surface area contributed by atoms with Crippen molar-refractivity contribution >= 4 is 17.8 Å². The lowest BCUT2D eigenvalue weighted by atomic mass is 9.88. The van der Waals surface area contributed by atoms with E-state index in [9.17, 15) is 18.8 Å². The lowest BCUT2D eigenvalue weighted by molar-refractivity contribution is -0.125. The van der Waals surface area contributed by atoms with Gasteiger partial charge < -0.3 is 20.9 Å². The molecule has 1 aromatic rings. The number of nitrogens with zero attached hydrogens (tertiary/aromatic N) is 1. The number of rotatable bonds is 6. The Labute approximate surface area is 184 Å². The third-order valence-electron chi connectivity index (χ3n) is 5.47. The van der Waals surface area contributed by atoms with Gasteiger partial charge in [-0.05, 0) is 65.0 Å². The number of amides is 4. The van der Waals surface area contributed by atoms with Gasteiger partial charge in [0.2, 0.25) is 5.91 Å². The number of hydrogen-bond acceptors (Lipinski definition) is 3. The van der Waals surface area contributed by atoms with E-state index >= 15 is 0 Å². The molecule has 2 atom stereocenters. The summed E-state index contributed by atoms with van der Waals surface area (Å²) in [5.74, 6) is -1.68. The quantitative estimate of drug-likeness (QED) is 0.643. The van der Waals surface area contributed by atoms with Crippen LogP contribution in [0.3, 0.4) is 0 Å². The summed E-state index contributed by atoms with van der Waals surface area (Å²) in [6, 6.07) is 4.73. The lowest BCUT2D eigenvalue weighted by Crippen LogP contribution is -2.56. The molecule has 0 radical (unpaired) electrons. The number of urea groups is 1. The smallest absolute Gasteiger partial charge is 0.317 e. The maximum Gasteiger partial charge on any atom is 0.317 e. The van der Waals surface area contributed by atoms with E-state index in [4.69, 9.17) is 0 Å². The minimum atomic E-state index is -0.797. The maximum absolute atomic E-state index is 14.1. The standard InChI is InChI=1S/C23H35FN4O3/c1-6-15(2)25-21(30)19(26-20(29)17-9-7-8-10-18(17)24)16-11-13-28(14-12-16)22(31)27-23(3,4)5/h7-10,15-16,19H,6,11-14H2,1-5H3,(H,25,30)(H,26,29)(H,27,31)/t15-,19-/m1/s1. The first-order chi connectivity index (χ1) is 14.5. The Balaban J connectivity index is 2.11. The number of likely N-dealkylation sites (tertiary alicyclic amines) is 1. The number of hydrogen-bond donors (Lipinski definition) is 3. The molecule has 2 rings (SSSR count). The van der Waals surface area contributed by atoms with E-state index < -0.39 is 17.8 Å². The molecule has 1 fully saturated rings. The predicted molar refractivity (Wildman–Crippen MR) is 118 cm³/mol. The van der Waals surface area contributed by atoms with Crippen LogP contribution >= 0.6 is 0 Å². The molecular weight excluding hydrogens is 399 g/mol. The summed E-state index contributed by atoms with van der Waals surface area (Å²) >= 11 is 0. The Morgan fingerprint density at radius 1 is 1.13 bits per heavy atom. The van der Waals surface area contributed by atoms with Crippen LogP contribution in [0.1, 0.15) is 64.2 Å². The molecule has 1 aliphatic rings. The number of nitrogens with one attached hydrogen (secondary N) is 3. The summed E-state index contributed by atoms with van der Waals surface area (Å²) in [5, 5.41) is 8.61. The average molecular weight is 435 g/mol. The maximum atomic E-state index is 14.1. The molecule has 0 saturated carbocycles. The van der Waals surface area contributed by atoms with Crippen LogP contribution in [0, 0.1) is 11.7 Å². The molecule has 1 saturated heterocycles. The van der Waals surface area contributed by atoms with Crippen molar-refractivity contribution in [3.8, 4) is 0 Å². The molecule has 7 nitrogen and oxygen atoms in total. The second-order valence-electron chi connectivity index (χ2n) is 9.25. The van der Waals surface area contributed by atoms with Gasteiger partial charge in [-0.25, -0.2) is 9.18 Å². The Kier molecular flexibility index (Phi) is 8.42. The SMILES string of the molecule is CC[C@@H](C)NC(=O)[C@H](NC(=O)c1ccccc1F)C1CCN(C(=O)NC(C)(C)C)CC1. The minimum Gasteiger partial charge on any atom is -0.352 e. The van der Waals surface area contributed by atoms with Gasteiger partial charge in [0.25, 0.3) is 5.91 Å². The first-order valence-electron chi connectivity index (χ1n) is 10.9. The van der Waals surface area contributed by atoms with Gasteiger partial charge in [-0.3, -0.25) is 9.59 Å². The van der Waals surface area contributed by atoms with Crippen molar-refractivity contribution in [3.05, 3.63) is 35.6 Å². The summed E-state index contributed by atoms with van der Waals surface area (Å²) in [5.41, 5.74) is -0.425. The van der Waals surface area contributed by atoms with Crippen LogP contribution in [0.25, 0.3) is 0 Å². The highest BCUT2D eigenvalue weighted by Crippen LogP contribution is 2.22. The molecule has 8 heteroatoms. The fraction of sp³-hybridized carbons (Fsp3) is 0.609. The Bertz CT molecular complexity index is 785. The first-order valence-corrected chi connectivity index (χ1v) is 10.9. The van der Waals surface area contributed by atoms with Gasteiger partial charge in [0.15, 0.2) is 0 Å². The summed E-state index contributed by atoms with van der Waals surface area (Å²) in [6.07, 6.45) is 1.88. The van der Waals surface area contributed by atoms with Gasteiger partial charge in [0.1, 0.15) is 11.9 Å². The third-order valence-corrected chi connectivity index (χ3v) is 5.47. The number of carbonyl (C=O) groups is 3. The van der Waals surface area contributed by atoms with Gasteiger partial charge >= 0.3 is 6.03 Å². The van der Waals surface area contributed by atoms with Crippen LogP contribution in [0.4, 0.5) is 9.18 Å². The molecule has 3 N–H and O–H groups in total. The monoisotopic (exact) mass is 434 g/mol. The van der Waals surface area contributed by atoms with E-state index in [1.165, 1.54) is 18.2 Å². The van der Waals surface area contributed by atoms with Gasteiger partial charge in [0, 0.05) is 24.7 Å². The molecule has 0 bridgehead atoms. The molecule has 1 heterocycles. The molecule has 31 heavy (non-hydrogen) atoms. The number of benzene rings is 1. The number of carbonyl (C=O) groups excluding carboxylic acids is 3. The second-order valence-corrected chi connectivity index (χ2v) is 9.25. The van der Waals surface area contributed by atoms with E-state index in [-0.39, 0.29) is 35.0 Å². The van der Waals surface area contributed by atoms with Crippen molar-refractivity contribution in [2.75, 3.05) is 13.1 Å². The minimum absolute atomic E-state index is 0.0435. The highest BCUT2D eigenvalue weighted by Gasteiger charge is 2.35. The third kappa shape index (κ3) is 7.22. The van der Waals surface area contributed by atoms with E-state index in [2.05, 4.69) is 16.0 Å². The van der Waals surface area contributed by atoms with Crippen molar-refractivity contribution < 1.29 is 18.8 Å². The van der Waals surface area contributed by atoms with Crippen molar-refractivity contribution in [2.24, 2.45) is 5.92 Å². The highest BCUT2D eigenvalue weighted by atomic mass is 19.1. The van der Waals surface area contributed by atoms with E-state index in [0.29, 0.717) is 25.9 Å². The predicted octanol–water partition coefficient (Wildman–Crippen LogP) is 3.06. The van der Waals surface area contributed by atoms with Crippen molar-refractivity contribution in [1.29, 1.82) is 0 Å². The Morgan fingerprint density at radius 3 is 2.29 bits per heavy atom. The van der Waals surface area contributed by atoms with Crippen LogP contribution in [0.5, 0.6) is 0 Å². The van der Waals surface area contributed by atoms with E-state index in [0.717, 1.165) is 6.42 Å². The highest BCUT2D eigenvalue weighted by molar-refractivity contribution is 5.97. The Hall–Kier alpha value is -2.64. The fourth-order valence-corrected chi connectivity index (χ4v) is 3.53. The fourth-order valence-electron chi connectivity index (χ4n) is 3.53. The summed E-state index contributed by atoms with van der Waals surface area (Å²) in [7, 11) is 0. The van der Waals surface area contributed by atoms with E-state index in [1.54, 1.807) is 11.0 Å². The zero-order valence-corrected chi connectivity index (χ0v) is 19.1. The molecule has 172 valence electrons. The summed E-state index contributed by atoms with van der Waals surface area (Å²) in [6.45, 7) is 10.6. The van der Waals surface area contributed by atoms with Crippen molar-refractivity contribution in [3.63, 3.8) is 0 Å². The average Bonchev–Trinajstić information content (AvgIpc) is 2.70. The molecule has 4 amide bonds. The van der Waals surface area contributed by atoms with Crippen molar-refractivity contribution in [1.82, 2.24) is 20.9 Å². The number of halogens is 1. The summed E-state index contributed by atoms with van der Waals surface area (Å²) < 4.78 is 14.1. The molecule has 1 aromatic carbocycles. The van der Waals surface area contributed by atoms with Crippen LogP contribution in [-0.4, -0.2) is 53.5 Å². The lowest BCUT2D eigenvalue weighted by Gasteiger charge is -2.37. The molecular formula is C23H35FN4O3. The molecule has 0 spiro atoms. The largest absolute Gasteiger partial charge is 0.352 e. The zero-order valence-electron chi connectivity index (χ0n) is 19.1. The molecule has 0 unspecified atom stereocenters. The first kappa shape index (κ1) is 24.6. The van der Waals surface area contributed by atoms with Crippen LogP contribution in [0.2, 0.25) is 0 Å². The molecule has 0 aromatic heterocycles. The van der Waals surface area contributed by atoms with Gasteiger partial charge in [0.05, 0.1) is 5.56 Å². The van der Waals surface area contributed by atoms with E-state index in [1.807, 2.05) is 34.6 Å². The zero-order chi connectivity index (χ0) is 23.2. The van der Waals surface area contributed by atoms with Crippen LogP contribution < -0.4 is 16.0 Å². The number of piperidine rings is 1. The molecule has 1 aliphatic heterocycles. The summed E-state index contributed by atoms with van der Waals surface area (Å²) in [4.78, 5) is 39.8. The molecule has 0 aliphatic carbocycles.